The summed E-state index contributed by atoms with van der Waals surface area (Å²) < 4.78 is 0. The Balaban J connectivity index is 2.36. The molecular formula is C13H19NO2. The summed E-state index contributed by atoms with van der Waals surface area (Å²) in [7, 11) is 0. The van der Waals surface area contributed by atoms with E-state index < -0.39 is 6.10 Å². The van der Waals surface area contributed by atoms with Gasteiger partial charge in [-0.3, -0.25) is 4.79 Å². The van der Waals surface area contributed by atoms with E-state index in [0.717, 1.165) is 6.42 Å². The van der Waals surface area contributed by atoms with Crippen molar-refractivity contribution >= 4 is 5.91 Å². The second-order valence-electron chi connectivity index (χ2n) is 4.20. The molecule has 0 aromatic heterocycles. The first-order valence-corrected chi connectivity index (χ1v) is 5.69. The monoisotopic (exact) mass is 221 g/mol. The third-order valence-electron chi connectivity index (χ3n) is 2.75. The van der Waals surface area contributed by atoms with Gasteiger partial charge in [0.15, 0.2) is 0 Å². The Morgan fingerprint density at radius 1 is 1.69 bits per heavy atom. The van der Waals surface area contributed by atoms with Crippen molar-refractivity contribution in [1.82, 2.24) is 5.32 Å². The van der Waals surface area contributed by atoms with E-state index in [9.17, 15) is 9.90 Å². The topological polar surface area (TPSA) is 49.3 Å². The van der Waals surface area contributed by atoms with Gasteiger partial charge in [-0.1, -0.05) is 19.1 Å². The molecule has 0 radical (unpaired) electrons. The van der Waals surface area contributed by atoms with Gasteiger partial charge in [0, 0.05) is 18.9 Å². The molecule has 3 heteroatoms. The van der Waals surface area contributed by atoms with Crippen molar-refractivity contribution in [2.75, 3.05) is 0 Å². The smallest absolute Gasteiger partial charge is 0.220 e. The molecule has 0 bridgehead atoms. The van der Waals surface area contributed by atoms with Crippen LogP contribution in [0.5, 0.6) is 0 Å². The fourth-order valence-corrected chi connectivity index (χ4v) is 1.60. The number of amides is 1. The Bertz CT molecular complexity index is 325. The van der Waals surface area contributed by atoms with Gasteiger partial charge in [0.05, 0.1) is 6.10 Å². The lowest BCUT2D eigenvalue weighted by molar-refractivity contribution is -0.119. The van der Waals surface area contributed by atoms with Crippen molar-refractivity contribution < 1.29 is 9.90 Å². The highest BCUT2D eigenvalue weighted by Crippen LogP contribution is 2.12. The fourth-order valence-electron chi connectivity index (χ4n) is 1.60. The van der Waals surface area contributed by atoms with E-state index in [0.29, 0.717) is 12.8 Å². The van der Waals surface area contributed by atoms with Crippen molar-refractivity contribution in [3.8, 4) is 11.8 Å². The summed E-state index contributed by atoms with van der Waals surface area (Å²) in [5.41, 5.74) is 0. The zero-order chi connectivity index (χ0) is 12.0. The van der Waals surface area contributed by atoms with Gasteiger partial charge in [-0.2, -0.15) is 0 Å². The summed E-state index contributed by atoms with van der Waals surface area (Å²) in [6.07, 6.45) is 5.26. The predicted octanol–water partition coefficient (Wildman–Crippen LogP) is 1.23. The highest BCUT2D eigenvalue weighted by molar-refractivity contribution is 5.78. The van der Waals surface area contributed by atoms with E-state index in [1.54, 1.807) is 13.0 Å². The Hall–Kier alpha value is -1.27. The lowest BCUT2D eigenvalue weighted by Crippen LogP contribution is -2.24. The minimum atomic E-state index is -0.488. The second-order valence-corrected chi connectivity index (χ2v) is 4.20. The zero-order valence-electron chi connectivity index (χ0n) is 9.86. The standard InChI is InChI=1S/C13H19NO2/c1-3-4-5-10(2)12(15)8-6-11-7-9-13(16)14-11/h6,8,10-12,15H,5,7,9H2,1-2H3,(H,14,16)/b8-6+/t10-,11+,12-/m1/s1. The zero-order valence-corrected chi connectivity index (χ0v) is 9.86. The molecule has 3 atom stereocenters. The van der Waals surface area contributed by atoms with Gasteiger partial charge >= 0.3 is 0 Å². The van der Waals surface area contributed by atoms with Crippen LogP contribution in [0.4, 0.5) is 0 Å². The molecule has 1 rings (SSSR count). The Morgan fingerprint density at radius 3 is 3.00 bits per heavy atom. The number of aliphatic hydroxyl groups excluding tert-OH is 1. The molecule has 0 saturated carbocycles. The van der Waals surface area contributed by atoms with Gasteiger partial charge in [-0.25, -0.2) is 0 Å². The van der Waals surface area contributed by atoms with Crippen molar-refractivity contribution in [1.29, 1.82) is 0 Å². The first kappa shape index (κ1) is 12.8. The lowest BCUT2D eigenvalue weighted by atomic mass is 10.00. The van der Waals surface area contributed by atoms with E-state index in [1.165, 1.54) is 0 Å². The highest BCUT2D eigenvalue weighted by Gasteiger charge is 2.18. The van der Waals surface area contributed by atoms with Crippen LogP contribution >= 0.6 is 0 Å². The Morgan fingerprint density at radius 2 is 2.44 bits per heavy atom. The first-order chi connectivity index (χ1) is 7.63. The molecule has 0 unspecified atom stereocenters. The average molecular weight is 221 g/mol. The van der Waals surface area contributed by atoms with Crippen LogP contribution in [0.25, 0.3) is 0 Å². The van der Waals surface area contributed by atoms with Crippen LogP contribution in [0.2, 0.25) is 0 Å². The summed E-state index contributed by atoms with van der Waals surface area (Å²) in [6.45, 7) is 3.76. The third-order valence-corrected chi connectivity index (χ3v) is 2.75. The van der Waals surface area contributed by atoms with Crippen LogP contribution in [0.1, 0.15) is 33.1 Å². The maximum atomic E-state index is 10.9. The molecule has 0 aromatic rings. The molecule has 1 fully saturated rings. The van der Waals surface area contributed by atoms with Crippen molar-refractivity contribution in [3.63, 3.8) is 0 Å². The van der Waals surface area contributed by atoms with Gasteiger partial charge in [0.25, 0.3) is 0 Å². The minimum absolute atomic E-state index is 0.0895. The van der Waals surface area contributed by atoms with Crippen molar-refractivity contribution in [3.05, 3.63) is 12.2 Å². The maximum absolute atomic E-state index is 10.9. The van der Waals surface area contributed by atoms with Crippen LogP contribution in [0, 0.1) is 17.8 Å². The van der Waals surface area contributed by atoms with Gasteiger partial charge in [0.1, 0.15) is 0 Å². The number of nitrogens with one attached hydrogen (secondary N) is 1. The fraction of sp³-hybridized carbons (Fsp3) is 0.615. The number of hydrogen-bond acceptors (Lipinski definition) is 2. The van der Waals surface area contributed by atoms with E-state index in [2.05, 4.69) is 17.2 Å². The molecule has 1 amide bonds. The quantitative estimate of drug-likeness (QED) is 0.554. The molecule has 0 spiro atoms. The van der Waals surface area contributed by atoms with Crippen LogP contribution in [-0.4, -0.2) is 23.2 Å². The summed E-state index contributed by atoms with van der Waals surface area (Å²) in [5.74, 6) is 5.98. The van der Waals surface area contributed by atoms with E-state index in [4.69, 9.17) is 0 Å². The van der Waals surface area contributed by atoms with Crippen molar-refractivity contribution in [2.45, 2.75) is 45.3 Å². The average Bonchev–Trinajstić information content (AvgIpc) is 2.68. The number of carbonyl (C=O) groups excluding carboxylic acids is 1. The molecule has 3 nitrogen and oxygen atoms in total. The maximum Gasteiger partial charge on any atom is 0.220 e. The van der Waals surface area contributed by atoms with E-state index in [-0.39, 0.29) is 17.9 Å². The van der Waals surface area contributed by atoms with Crippen LogP contribution in [-0.2, 0) is 4.79 Å². The molecule has 1 aliphatic heterocycles. The summed E-state index contributed by atoms with van der Waals surface area (Å²) in [6, 6.07) is 0.0895. The number of aliphatic hydroxyl groups is 1. The highest BCUT2D eigenvalue weighted by atomic mass is 16.3. The third kappa shape index (κ3) is 4.08. The minimum Gasteiger partial charge on any atom is -0.389 e. The number of hydrogen-bond donors (Lipinski definition) is 2. The van der Waals surface area contributed by atoms with Crippen molar-refractivity contribution in [2.24, 2.45) is 5.92 Å². The summed E-state index contributed by atoms with van der Waals surface area (Å²) in [4.78, 5) is 10.9. The molecule has 0 aromatic carbocycles. The van der Waals surface area contributed by atoms with Gasteiger partial charge in [0.2, 0.25) is 5.91 Å². The van der Waals surface area contributed by atoms with Crippen LogP contribution in [0.15, 0.2) is 12.2 Å². The molecule has 1 saturated heterocycles. The van der Waals surface area contributed by atoms with Crippen LogP contribution in [0.3, 0.4) is 0 Å². The Labute approximate surface area is 96.9 Å². The molecule has 1 heterocycles. The van der Waals surface area contributed by atoms with E-state index in [1.807, 2.05) is 13.0 Å². The number of carbonyl (C=O) groups is 1. The lowest BCUT2D eigenvalue weighted by Gasteiger charge is -2.13. The summed E-state index contributed by atoms with van der Waals surface area (Å²) >= 11 is 0. The molecule has 16 heavy (non-hydrogen) atoms. The normalized spacial score (nSPS) is 23.7. The second kappa shape index (κ2) is 6.34. The molecule has 0 aliphatic carbocycles. The summed E-state index contributed by atoms with van der Waals surface area (Å²) in [5, 5.41) is 12.6. The Kier molecular flexibility index (Phi) is 5.07. The molecular weight excluding hydrogens is 202 g/mol. The SMILES string of the molecule is CC#CC[C@@H](C)[C@H](O)/C=C/[C@H]1CCC(=O)N1. The first-order valence-electron chi connectivity index (χ1n) is 5.69. The molecule has 2 N–H and O–H groups in total. The van der Waals surface area contributed by atoms with Gasteiger partial charge < -0.3 is 10.4 Å². The molecule has 1 aliphatic rings. The molecule has 88 valence electrons. The van der Waals surface area contributed by atoms with Gasteiger partial charge in [-0.05, 0) is 19.3 Å². The van der Waals surface area contributed by atoms with E-state index >= 15 is 0 Å². The van der Waals surface area contributed by atoms with Gasteiger partial charge in [-0.15, -0.1) is 11.8 Å². The largest absolute Gasteiger partial charge is 0.389 e. The predicted molar refractivity (Wildman–Crippen MR) is 63.5 cm³/mol. The van der Waals surface area contributed by atoms with Crippen LogP contribution < -0.4 is 5.32 Å². The number of rotatable bonds is 4.